The van der Waals surface area contributed by atoms with Crippen LogP contribution >= 0.6 is 0 Å². The second-order valence-corrected chi connectivity index (χ2v) is 5.12. The molecule has 3 rings (SSSR count). The van der Waals surface area contributed by atoms with Crippen LogP contribution in [0.15, 0.2) is 60.8 Å². The Balaban J connectivity index is 1.66. The summed E-state index contributed by atoms with van der Waals surface area (Å²) in [7, 11) is 0. The van der Waals surface area contributed by atoms with Crippen LogP contribution in [0.2, 0.25) is 0 Å². The number of benzene rings is 1. The van der Waals surface area contributed by atoms with Crippen LogP contribution < -0.4 is 5.32 Å². The Kier molecular flexibility index (Phi) is 3.69. The molecule has 0 saturated carbocycles. The number of fused-ring (bicyclic) bond motifs is 1. The average Bonchev–Trinajstić information content (AvgIpc) is 2.97. The van der Waals surface area contributed by atoms with E-state index in [1.165, 1.54) is 5.56 Å². The molecule has 1 unspecified atom stereocenters. The number of pyridine rings is 1. The highest BCUT2D eigenvalue weighted by molar-refractivity contribution is 5.93. The van der Waals surface area contributed by atoms with Crippen LogP contribution in [-0.2, 0) is 0 Å². The van der Waals surface area contributed by atoms with Gasteiger partial charge in [0.2, 0.25) is 0 Å². The highest BCUT2D eigenvalue weighted by Gasteiger charge is 2.12. The number of nitrogens with one attached hydrogen (secondary N) is 1. The van der Waals surface area contributed by atoms with E-state index in [0.29, 0.717) is 12.2 Å². The molecule has 4 heteroatoms. The fourth-order valence-electron chi connectivity index (χ4n) is 2.28. The van der Waals surface area contributed by atoms with Crippen molar-refractivity contribution in [3.8, 4) is 0 Å². The standard InChI is InChI=1S/C17H17N3O/c1-13(14-7-3-2-4-8-14)12-18-17(21)16-11-15-9-5-6-10-20(15)19-16/h2-11,13H,12H2,1H3,(H,18,21). The van der Waals surface area contributed by atoms with Crippen LogP contribution in [0.1, 0.15) is 28.9 Å². The van der Waals surface area contributed by atoms with Crippen LogP contribution in [0.5, 0.6) is 0 Å². The van der Waals surface area contributed by atoms with Gasteiger partial charge >= 0.3 is 0 Å². The number of hydrogen-bond acceptors (Lipinski definition) is 2. The van der Waals surface area contributed by atoms with E-state index in [1.807, 2.05) is 42.6 Å². The van der Waals surface area contributed by atoms with Gasteiger partial charge in [-0.15, -0.1) is 0 Å². The van der Waals surface area contributed by atoms with Crippen LogP contribution in [0, 0.1) is 0 Å². The van der Waals surface area contributed by atoms with Crippen molar-refractivity contribution in [2.24, 2.45) is 0 Å². The summed E-state index contributed by atoms with van der Waals surface area (Å²) in [6.07, 6.45) is 1.83. The monoisotopic (exact) mass is 279 g/mol. The van der Waals surface area contributed by atoms with E-state index in [0.717, 1.165) is 5.52 Å². The minimum absolute atomic E-state index is 0.138. The molecule has 0 bridgehead atoms. The molecule has 1 aromatic carbocycles. The number of carbonyl (C=O) groups excluding carboxylic acids is 1. The molecule has 0 aliphatic heterocycles. The zero-order chi connectivity index (χ0) is 14.7. The first kappa shape index (κ1) is 13.4. The molecule has 0 aliphatic rings. The van der Waals surface area contributed by atoms with Crippen LogP contribution in [0.3, 0.4) is 0 Å². The largest absolute Gasteiger partial charge is 0.350 e. The van der Waals surface area contributed by atoms with Gasteiger partial charge in [-0.05, 0) is 29.7 Å². The third kappa shape index (κ3) is 2.94. The zero-order valence-corrected chi connectivity index (χ0v) is 11.9. The minimum Gasteiger partial charge on any atom is -0.350 e. The van der Waals surface area contributed by atoms with Gasteiger partial charge in [0.05, 0.1) is 5.52 Å². The fraction of sp³-hybridized carbons (Fsp3) is 0.176. The summed E-state index contributed by atoms with van der Waals surface area (Å²) in [4.78, 5) is 12.2. The summed E-state index contributed by atoms with van der Waals surface area (Å²) in [6.45, 7) is 2.69. The predicted octanol–water partition coefficient (Wildman–Crippen LogP) is 2.87. The molecule has 106 valence electrons. The van der Waals surface area contributed by atoms with Crippen molar-refractivity contribution in [3.05, 3.63) is 72.1 Å². The topological polar surface area (TPSA) is 46.4 Å². The van der Waals surface area contributed by atoms with E-state index in [9.17, 15) is 4.79 Å². The molecule has 0 saturated heterocycles. The van der Waals surface area contributed by atoms with Gasteiger partial charge in [-0.1, -0.05) is 43.3 Å². The average molecular weight is 279 g/mol. The lowest BCUT2D eigenvalue weighted by molar-refractivity contribution is 0.0946. The van der Waals surface area contributed by atoms with Crippen LogP contribution in [0.4, 0.5) is 0 Å². The minimum atomic E-state index is -0.138. The zero-order valence-electron chi connectivity index (χ0n) is 11.9. The van der Waals surface area contributed by atoms with Gasteiger partial charge in [-0.2, -0.15) is 5.10 Å². The van der Waals surface area contributed by atoms with Gasteiger partial charge in [0.1, 0.15) is 0 Å². The molecule has 2 heterocycles. The number of rotatable bonds is 4. The Morgan fingerprint density at radius 2 is 1.95 bits per heavy atom. The molecule has 1 amide bonds. The van der Waals surface area contributed by atoms with Crippen molar-refractivity contribution in [2.45, 2.75) is 12.8 Å². The molecule has 1 N–H and O–H groups in total. The van der Waals surface area contributed by atoms with Gasteiger partial charge in [0, 0.05) is 12.7 Å². The molecule has 0 spiro atoms. The van der Waals surface area contributed by atoms with Crippen molar-refractivity contribution in [1.82, 2.24) is 14.9 Å². The fourth-order valence-corrected chi connectivity index (χ4v) is 2.28. The third-order valence-electron chi connectivity index (χ3n) is 3.54. The molecule has 0 aliphatic carbocycles. The Bertz CT molecular complexity index is 716. The van der Waals surface area contributed by atoms with Crippen molar-refractivity contribution >= 4 is 11.4 Å². The lowest BCUT2D eigenvalue weighted by atomic mass is 10.0. The predicted molar refractivity (Wildman–Crippen MR) is 82.4 cm³/mol. The lowest BCUT2D eigenvalue weighted by Crippen LogP contribution is -2.27. The third-order valence-corrected chi connectivity index (χ3v) is 3.54. The van der Waals surface area contributed by atoms with Gasteiger partial charge in [-0.25, -0.2) is 4.52 Å². The summed E-state index contributed by atoms with van der Waals surface area (Å²) >= 11 is 0. The van der Waals surface area contributed by atoms with E-state index in [1.54, 1.807) is 10.6 Å². The van der Waals surface area contributed by atoms with Crippen molar-refractivity contribution < 1.29 is 4.79 Å². The van der Waals surface area contributed by atoms with Crippen molar-refractivity contribution in [1.29, 1.82) is 0 Å². The Hall–Kier alpha value is -2.62. The first-order chi connectivity index (χ1) is 10.2. The Morgan fingerprint density at radius 1 is 1.19 bits per heavy atom. The van der Waals surface area contributed by atoms with E-state index in [4.69, 9.17) is 0 Å². The molecular formula is C17H17N3O. The van der Waals surface area contributed by atoms with E-state index in [-0.39, 0.29) is 11.8 Å². The molecular weight excluding hydrogens is 262 g/mol. The second kappa shape index (κ2) is 5.79. The number of amides is 1. The first-order valence-corrected chi connectivity index (χ1v) is 7.01. The van der Waals surface area contributed by atoms with Gasteiger partial charge in [-0.3, -0.25) is 4.79 Å². The summed E-state index contributed by atoms with van der Waals surface area (Å²) < 4.78 is 1.70. The van der Waals surface area contributed by atoms with Gasteiger partial charge < -0.3 is 5.32 Å². The number of hydrogen-bond donors (Lipinski definition) is 1. The molecule has 21 heavy (non-hydrogen) atoms. The summed E-state index contributed by atoms with van der Waals surface area (Å²) in [6, 6.07) is 17.7. The summed E-state index contributed by atoms with van der Waals surface area (Å²) in [5, 5.41) is 7.21. The maximum Gasteiger partial charge on any atom is 0.271 e. The molecule has 2 aromatic heterocycles. The second-order valence-electron chi connectivity index (χ2n) is 5.12. The SMILES string of the molecule is CC(CNC(=O)c1cc2ccccn2n1)c1ccccc1. The molecule has 4 nitrogen and oxygen atoms in total. The lowest BCUT2D eigenvalue weighted by Gasteiger charge is -2.12. The number of aromatic nitrogens is 2. The normalized spacial score (nSPS) is 12.2. The van der Waals surface area contributed by atoms with Crippen molar-refractivity contribution in [3.63, 3.8) is 0 Å². The summed E-state index contributed by atoms with van der Waals surface area (Å²) in [5.41, 5.74) is 2.58. The smallest absolute Gasteiger partial charge is 0.271 e. The highest BCUT2D eigenvalue weighted by atomic mass is 16.1. The maximum absolute atomic E-state index is 12.2. The molecule has 1 atom stereocenters. The maximum atomic E-state index is 12.2. The molecule has 0 fully saturated rings. The molecule has 0 radical (unpaired) electrons. The quantitative estimate of drug-likeness (QED) is 0.798. The Morgan fingerprint density at radius 3 is 2.71 bits per heavy atom. The first-order valence-electron chi connectivity index (χ1n) is 7.01. The van der Waals surface area contributed by atoms with Gasteiger partial charge in [0.25, 0.3) is 5.91 Å². The number of carbonyl (C=O) groups is 1. The van der Waals surface area contributed by atoms with E-state index >= 15 is 0 Å². The highest BCUT2D eigenvalue weighted by Crippen LogP contribution is 2.13. The van der Waals surface area contributed by atoms with E-state index in [2.05, 4.69) is 29.5 Å². The van der Waals surface area contributed by atoms with Gasteiger partial charge in [0.15, 0.2) is 5.69 Å². The Labute approximate surface area is 123 Å². The van der Waals surface area contributed by atoms with Crippen molar-refractivity contribution in [2.75, 3.05) is 6.54 Å². The summed E-state index contributed by atoms with van der Waals surface area (Å²) in [5.74, 6) is 0.133. The van der Waals surface area contributed by atoms with E-state index < -0.39 is 0 Å². The van der Waals surface area contributed by atoms with Crippen LogP contribution in [0.25, 0.3) is 5.52 Å². The molecule has 3 aromatic rings. The number of nitrogens with zero attached hydrogens (tertiary/aromatic N) is 2. The van der Waals surface area contributed by atoms with Crippen LogP contribution in [-0.4, -0.2) is 22.1 Å².